The van der Waals surface area contributed by atoms with Crippen molar-refractivity contribution in [2.45, 2.75) is 13.1 Å². The fourth-order valence-corrected chi connectivity index (χ4v) is 2.11. The fraction of sp³-hybridized carbons (Fsp3) is 0.231. The van der Waals surface area contributed by atoms with Crippen molar-refractivity contribution < 1.29 is 4.79 Å². The predicted molar refractivity (Wildman–Crippen MR) is 65.9 cm³/mol. The van der Waals surface area contributed by atoms with Gasteiger partial charge in [-0.25, -0.2) is 0 Å². The monoisotopic (exact) mass is 253 g/mol. The molecule has 0 saturated heterocycles. The summed E-state index contributed by atoms with van der Waals surface area (Å²) in [6.45, 7) is 1.83. The summed E-state index contributed by atoms with van der Waals surface area (Å²) < 4.78 is 1.95. The molecule has 0 saturated carbocycles. The molecule has 0 aliphatic carbocycles. The molecule has 3 rings (SSSR count). The number of hydrogen-bond donors (Lipinski definition) is 0. The molecule has 1 aromatic heterocycles. The van der Waals surface area contributed by atoms with Crippen molar-refractivity contribution in [2.24, 2.45) is 0 Å². The largest absolute Gasteiger partial charge is 0.329 e. The standard InChI is InChI=1S/C13H11N5O/c14-7-10-1-3-11(4-2-10)13(19)17-5-6-18-9-15-16-12(18)8-17/h1-4,9H,5-6,8H2. The average molecular weight is 253 g/mol. The molecule has 2 heterocycles. The lowest BCUT2D eigenvalue weighted by Crippen LogP contribution is -2.38. The zero-order valence-electron chi connectivity index (χ0n) is 10.2. The summed E-state index contributed by atoms with van der Waals surface area (Å²) in [5, 5.41) is 16.6. The van der Waals surface area contributed by atoms with Crippen LogP contribution in [0.15, 0.2) is 30.6 Å². The number of nitrogens with zero attached hydrogens (tertiary/aromatic N) is 5. The van der Waals surface area contributed by atoms with E-state index in [1.807, 2.05) is 10.6 Å². The van der Waals surface area contributed by atoms with Crippen molar-refractivity contribution >= 4 is 5.91 Å². The third-order valence-electron chi connectivity index (χ3n) is 3.19. The zero-order chi connectivity index (χ0) is 13.2. The first-order valence-corrected chi connectivity index (χ1v) is 5.94. The maximum absolute atomic E-state index is 12.3. The molecule has 0 N–H and O–H groups in total. The van der Waals surface area contributed by atoms with E-state index in [9.17, 15) is 4.79 Å². The van der Waals surface area contributed by atoms with Crippen LogP contribution in [0.5, 0.6) is 0 Å². The van der Waals surface area contributed by atoms with E-state index in [0.717, 1.165) is 5.82 Å². The molecule has 1 amide bonds. The molecule has 2 aromatic rings. The summed E-state index contributed by atoms with van der Waals surface area (Å²) in [6.07, 6.45) is 1.68. The van der Waals surface area contributed by atoms with Crippen molar-refractivity contribution in [2.75, 3.05) is 6.54 Å². The molecule has 0 spiro atoms. The van der Waals surface area contributed by atoms with Gasteiger partial charge in [0.1, 0.15) is 6.33 Å². The Bertz CT molecular complexity index is 652. The van der Waals surface area contributed by atoms with Crippen LogP contribution in [0.4, 0.5) is 0 Å². The lowest BCUT2D eigenvalue weighted by molar-refractivity contribution is 0.0707. The Morgan fingerprint density at radius 2 is 2.05 bits per heavy atom. The molecule has 1 aliphatic rings. The summed E-state index contributed by atoms with van der Waals surface area (Å²) in [5.41, 5.74) is 1.14. The van der Waals surface area contributed by atoms with Crippen LogP contribution in [0.3, 0.4) is 0 Å². The van der Waals surface area contributed by atoms with Crippen molar-refractivity contribution in [3.63, 3.8) is 0 Å². The molecule has 0 radical (unpaired) electrons. The van der Waals surface area contributed by atoms with Crippen molar-refractivity contribution in [1.82, 2.24) is 19.7 Å². The Morgan fingerprint density at radius 1 is 1.26 bits per heavy atom. The van der Waals surface area contributed by atoms with Crippen molar-refractivity contribution in [3.8, 4) is 6.07 Å². The molecule has 6 nitrogen and oxygen atoms in total. The number of carbonyl (C=O) groups excluding carboxylic acids is 1. The van der Waals surface area contributed by atoms with E-state index < -0.39 is 0 Å². The number of rotatable bonds is 1. The SMILES string of the molecule is N#Cc1ccc(C(=O)N2CCn3cnnc3C2)cc1. The molecule has 19 heavy (non-hydrogen) atoms. The molecular weight excluding hydrogens is 242 g/mol. The zero-order valence-corrected chi connectivity index (χ0v) is 10.2. The first-order chi connectivity index (χ1) is 9.28. The van der Waals surface area contributed by atoms with E-state index in [2.05, 4.69) is 10.2 Å². The van der Waals surface area contributed by atoms with Crippen LogP contribution in [-0.4, -0.2) is 32.1 Å². The Labute approximate surface area is 109 Å². The van der Waals surface area contributed by atoms with Crippen molar-refractivity contribution in [3.05, 3.63) is 47.5 Å². The Hall–Kier alpha value is -2.68. The van der Waals surface area contributed by atoms with Gasteiger partial charge >= 0.3 is 0 Å². The third kappa shape index (κ3) is 2.06. The van der Waals surface area contributed by atoms with Gasteiger partial charge in [0.05, 0.1) is 18.2 Å². The van der Waals surface area contributed by atoms with E-state index in [4.69, 9.17) is 5.26 Å². The molecule has 1 aromatic carbocycles. The van der Waals surface area contributed by atoms with Crippen LogP contribution in [-0.2, 0) is 13.1 Å². The van der Waals surface area contributed by atoms with Gasteiger partial charge in [0, 0.05) is 18.7 Å². The molecule has 94 valence electrons. The summed E-state index contributed by atoms with van der Waals surface area (Å²) in [7, 11) is 0. The Morgan fingerprint density at radius 3 is 2.79 bits per heavy atom. The molecule has 0 fully saturated rings. The topological polar surface area (TPSA) is 74.8 Å². The van der Waals surface area contributed by atoms with Crippen LogP contribution >= 0.6 is 0 Å². The molecule has 0 atom stereocenters. The van der Waals surface area contributed by atoms with Gasteiger partial charge in [-0.05, 0) is 24.3 Å². The minimum atomic E-state index is -0.0428. The normalized spacial score (nSPS) is 13.7. The van der Waals surface area contributed by atoms with Crippen LogP contribution < -0.4 is 0 Å². The highest BCUT2D eigenvalue weighted by atomic mass is 16.2. The third-order valence-corrected chi connectivity index (χ3v) is 3.19. The molecule has 1 aliphatic heterocycles. The van der Waals surface area contributed by atoms with Crippen LogP contribution in [0.25, 0.3) is 0 Å². The van der Waals surface area contributed by atoms with Gasteiger partial charge in [-0.1, -0.05) is 0 Å². The van der Waals surface area contributed by atoms with Crippen LogP contribution in [0, 0.1) is 11.3 Å². The highest BCUT2D eigenvalue weighted by Crippen LogP contribution is 2.13. The number of hydrogen-bond acceptors (Lipinski definition) is 4. The summed E-state index contributed by atoms with van der Waals surface area (Å²) >= 11 is 0. The number of carbonyl (C=O) groups is 1. The van der Waals surface area contributed by atoms with Gasteiger partial charge in [-0.15, -0.1) is 10.2 Å². The smallest absolute Gasteiger partial charge is 0.254 e. The number of fused-ring (bicyclic) bond motifs is 1. The van der Waals surface area contributed by atoms with Gasteiger partial charge < -0.3 is 9.47 Å². The second-order valence-corrected chi connectivity index (χ2v) is 4.36. The molecule has 0 bridgehead atoms. The van der Waals surface area contributed by atoms with Gasteiger partial charge in [0.15, 0.2) is 5.82 Å². The van der Waals surface area contributed by atoms with Gasteiger partial charge in [-0.2, -0.15) is 5.26 Å². The second-order valence-electron chi connectivity index (χ2n) is 4.36. The molecule has 0 unspecified atom stereocenters. The Kier molecular flexibility index (Phi) is 2.72. The first-order valence-electron chi connectivity index (χ1n) is 5.94. The van der Waals surface area contributed by atoms with Gasteiger partial charge in [0.2, 0.25) is 0 Å². The van der Waals surface area contributed by atoms with E-state index in [1.54, 1.807) is 35.5 Å². The molecular formula is C13H11N5O. The number of aromatic nitrogens is 3. The predicted octanol–water partition coefficient (Wildman–Crippen LogP) is 0.806. The lowest BCUT2D eigenvalue weighted by atomic mass is 10.1. The Balaban J connectivity index is 1.79. The number of benzene rings is 1. The van der Waals surface area contributed by atoms with Crippen molar-refractivity contribution in [1.29, 1.82) is 5.26 Å². The highest BCUT2D eigenvalue weighted by Gasteiger charge is 2.22. The van der Waals surface area contributed by atoms with Crippen LogP contribution in [0.1, 0.15) is 21.7 Å². The van der Waals surface area contributed by atoms with E-state index in [0.29, 0.717) is 30.8 Å². The van der Waals surface area contributed by atoms with E-state index in [1.165, 1.54) is 0 Å². The average Bonchev–Trinajstić information content (AvgIpc) is 2.94. The maximum atomic E-state index is 12.3. The highest BCUT2D eigenvalue weighted by molar-refractivity contribution is 5.94. The summed E-state index contributed by atoms with van der Waals surface area (Å²) in [5.74, 6) is 0.756. The van der Waals surface area contributed by atoms with Gasteiger partial charge in [0.25, 0.3) is 5.91 Å². The van der Waals surface area contributed by atoms with Gasteiger partial charge in [-0.3, -0.25) is 4.79 Å². The molecule has 6 heteroatoms. The minimum absolute atomic E-state index is 0.0428. The van der Waals surface area contributed by atoms with Crippen LogP contribution in [0.2, 0.25) is 0 Å². The van der Waals surface area contributed by atoms with E-state index in [-0.39, 0.29) is 5.91 Å². The fourth-order valence-electron chi connectivity index (χ4n) is 2.11. The van der Waals surface area contributed by atoms with E-state index >= 15 is 0 Å². The number of nitriles is 1. The summed E-state index contributed by atoms with van der Waals surface area (Å²) in [4.78, 5) is 14.1. The summed E-state index contributed by atoms with van der Waals surface area (Å²) in [6, 6.07) is 8.70. The number of amides is 1. The minimum Gasteiger partial charge on any atom is -0.329 e. The first kappa shape index (κ1) is 11.4. The lowest BCUT2D eigenvalue weighted by Gasteiger charge is -2.27. The second kappa shape index (κ2) is 4.53. The quantitative estimate of drug-likeness (QED) is 0.753. The maximum Gasteiger partial charge on any atom is 0.254 e.